The predicted molar refractivity (Wildman–Crippen MR) is 83.0 cm³/mol. The van der Waals surface area contributed by atoms with Crippen molar-refractivity contribution in [1.29, 1.82) is 0 Å². The van der Waals surface area contributed by atoms with E-state index in [4.69, 9.17) is 14.2 Å². The molecule has 4 heteroatoms. The molecule has 0 aliphatic rings. The summed E-state index contributed by atoms with van der Waals surface area (Å²) in [5.74, 6) is 2.46. The lowest BCUT2D eigenvalue weighted by Gasteiger charge is -2.12. The minimum atomic E-state index is 0.445. The summed E-state index contributed by atoms with van der Waals surface area (Å²) in [4.78, 5) is 0. The monoisotopic (exact) mass is 370 g/mol. The van der Waals surface area contributed by atoms with Crippen molar-refractivity contribution >= 4 is 22.6 Å². The molecule has 0 aliphatic carbocycles. The molecule has 0 radical (unpaired) electrons. The quantitative estimate of drug-likeness (QED) is 0.748. The Morgan fingerprint density at radius 3 is 2.42 bits per heavy atom. The fourth-order valence-corrected chi connectivity index (χ4v) is 2.26. The Balaban J connectivity index is 2.16. The molecular formula is C15H15IO3. The molecule has 0 aromatic heterocycles. The van der Waals surface area contributed by atoms with Crippen molar-refractivity contribution in [1.82, 2.24) is 0 Å². The van der Waals surface area contributed by atoms with Crippen LogP contribution in [0.3, 0.4) is 0 Å². The van der Waals surface area contributed by atoms with Crippen LogP contribution in [0.5, 0.6) is 17.2 Å². The van der Waals surface area contributed by atoms with E-state index in [9.17, 15) is 0 Å². The number of ether oxygens (including phenoxy) is 3. The van der Waals surface area contributed by atoms with Crippen molar-refractivity contribution in [2.45, 2.75) is 6.61 Å². The first kappa shape index (κ1) is 14.0. The Hall–Kier alpha value is -1.43. The molecule has 3 nitrogen and oxygen atoms in total. The smallest absolute Gasteiger partial charge is 0.133 e. The van der Waals surface area contributed by atoms with E-state index in [0.29, 0.717) is 6.61 Å². The first-order valence-corrected chi connectivity index (χ1v) is 6.90. The van der Waals surface area contributed by atoms with Crippen LogP contribution in [0.25, 0.3) is 0 Å². The zero-order valence-corrected chi connectivity index (χ0v) is 13.0. The molecule has 0 fully saturated rings. The first-order valence-electron chi connectivity index (χ1n) is 5.83. The zero-order chi connectivity index (χ0) is 13.7. The van der Waals surface area contributed by atoms with Crippen LogP contribution in [-0.4, -0.2) is 14.2 Å². The standard InChI is InChI=1S/C15H15IO3/c1-17-12-7-8-14(18-2)11(9-12)10-19-15-6-4-3-5-13(15)16/h3-9H,10H2,1-2H3. The lowest BCUT2D eigenvalue weighted by Crippen LogP contribution is -2.00. The molecule has 0 bridgehead atoms. The molecule has 0 atom stereocenters. The molecule has 0 aliphatic heterocycles. The van der Waals surface area contributed by atoms with Crippen LogP contribution < -0.4 is 14.2 Å². The summed E-state index contributed by atoms with van der Waals surface area (Å²) >= 11 is 2.25. The number of rotatable bonds is 5. The molecule has 0 amide bonds. The van der Waals surface area contributed by atoms with Gasteiger partial charge in [-0.1, -0.05) is 12.1 Å². The summed E-state index contributed by atoms with van der Waals surface area (Å²) in [5, 5.41) is 0. The summed E-state index contributed by atoms with van der Waals surface area (Å²) < 4.78 is 17.5. The van der Waals surface area contributed by atoms with Gasteiger partial charge in [-0.05, 0) is 52.9 Å². The molecule has 0 spiro atoms. The molecule has 0 heterocycles. The fraction of sp³-hybridized carbons (Fsp3) is 0.200. The summed E-state index contributed by atoms with van der Waals surface area (Å²) in [7, 11) is 3.30. The molecule has 2 rings (SSSR count). The summed E-state index contributed by atoms with van der Waals surface area (Å²) in [6, 6.07) is 13.6. The zero-order valence-electron chi connectivity index (χ0n) is 10.9. The van der Waals surface area contributed by atoms with Crippen LogP contribution in [-0.2, 0) is 6.61 Å². The molecule has 0 unspecified atom stereocenters. The second kappa shape index (κ2) is 6.65. The average Bonchev–Trinajstić information content (AvgIpc) is 2.46. The van der Waals surface area contributed by atoms with Gasteiger partial charge >= 0.3 is 0 Å². The highest BCUT2D eigenvalue weighted by molar-refractivity contribution is 14.1. The van der Waals surface area contributed by atoms with Crippen molar-refractivity contribution < 1.29 is 14.2 Å². The highest BCUT2D eigenvalue weighted by atomic mass is 127. The Kier molecular flexibility index (Phi) is 4.90. The van der Waals surface area contributed by atoms with E-state index in [1.54, 1.807) is 14.2 Å². The van der Waals surface area contributed by atoms with Gasteiger partial charge in [0.1, 0.15) is 23.9 Å². The predicted octanol–water partition coefficient (Wildman–Crippen LogP) is 3.89. The molecule has 0 saturated heterocycles. The van der Waals surface area contributed by atoms with Crippen LogP contribution >= 0.6 is 22.6 Å². The lowest BCUT2D eigenvalue weighted by molar-refractivity contribution is 0.293. The molecular weight excluding hydrogens is 355 g/mol. The van der Waals surface area contributed by atoms with Gasteiger partial charge < -0.3 is 14.2 Å². The maximum atomic E-state index is 5.82. The van der Waals surface area contributed by atoms with Crippen LogP contribution in [0.2, 0.25) is 0 Å². The summed E-state index contributed by atoms with van der Waals surface area (Å²) in [6.45, 7) is 0.445. The number of hydrogen-bond acceptors (Lipinski definition) is 3. The SMILES string of the molecule is COc1ccc(OC)c(COc2ccccc2I)c1. The van der Waals surface area contributed by atoms with Gasteiger partial charge in [0.25, 0.3) is 0 Å². The normalized spacial score (nSPS) is 10.1. The number of methoxy groups -OCH3 is 2. The van der Waals surface area contributed by atoms with Gasteiger partial charge in [-0.15, -0.1) is 0 Å². The largest absolute Gasteiger partial charge is 0.497 e. The van der Waals surface area contributed by atoms with E-state index in [2.05, 4.69) is 22.6 Å². The number of para-hydroxylation sites is 1. The van der Waals surface area contributed by atoms with Crippen molar-refractivity contribution in [3.05, 3.63) is 51.6 Å². The van der Waals surface area contributed by atoms with E-state index in [1.807, 2.05) is 42.5 Å². The minimum absolute atomic E-state index is 0.445. The first-order chi connectivity index (χ1) is 9.24. The van der Waals surface area contributed by atoms with Gasteiger partial charge in [-0.3, -0.25) is 0 Å². The van der Waals surface area contributed by atoms with Crippen molar-refractivity contribution in [2.24, 2.45) is 0 Å². The summed E-state index contributed by atoms with van der Waals surface area (Å²) in [6.07, 6.45) is 0. The molecule has 0 N–H and O–H groups in total. The van der Waals surface area contributed by atoms with E-state index in [1.165, 1.54) is 0 Å². The fourth-order valence-electron chi connectivity index (χ4n) is 1.71. The third-order valence-corrected chi connectivity index (χ3v) is 3.60. The second-order valence-corrected chi connectivity index (χ2v) is 5.06. The van der Waals surface area contributed by atoms with Gasteiger partial charge in [-0.2, -0.15) is 0 Å². The van der Waals surface area contributed by atoms with Crippen LogP contribution in [0.15, 0.2) is 42.5 Å². The van der Waals surface area contributed by atoms with E-state index >= 15 is 0 Å². The molecule has 2 aromatic rings. The Bertz CT molecular complexity index is 555. The highest BCUT2D eigenvalue weighted by Crippen LogP contribution is 2.27. The molecule has 2 aromatic carbocycles. The van der Waals surface area contributed by atoms with Crippen LogP contribution in [0.4, 0.5) is 0 Å². The van der Waals surface area contributed by atoms with E-state index in [0.717, 1.165) is 26.4 Å². The maximum absolute atomic E-state index is 5.82. The third-order valence-electron chi connectivity index (χ3n) is 2.71. The molecule has 19 heavy (non-hydrogen) atoms. The lowest BCUT2D eigenvalue weighted by atomic mass is 10.2. The Morgan fingerprint density at radius 1 is 0.947 bits per heavy atom. The van der Waals surface area contributed by atoms with Gasteiger partial charge in [0.15, 0.2) is 0 Å². The third kappa shape index (κ3) is 3.53. The van der Waals surface area contributed by atoms with Crippen molar-refractivity contribution in [2.75, 3.05) is 14.2 Å². The second-order valence-electron chi connectivity index (χ2n) is 3.90. The number of hydrogen-bond donors (Lipinski definition) is 0. The van der Waals surface area contributed by atoms with Gasteiger partial charge in [-0.25, -0.2) is 0 Å². The Morgan fingerprint density at radius 2 is 1.74 bits per heavy atom. The van der Waals surface area contributed by atoms with E-state index in [-0.39, 0.29) is 0 Å². The number of benzene rings is 2. The van der Waals surface area contributed by atoms with Crippen LogP contribution in [0.1, 0.15) is 5.56 Å². The van der Waals surface area contributed by atoms with Gasteiger partial charge in [0.05, 0.1) is 17.8 Å². The molecule has 100 valence electrons. The summed E-state index contributed by atoms with van der Waals surface area (Å²) in [5.41, 5.74) is 0.960. The average molecular weight is 370 g/mol. The van der Waals surface area contributed by atoms with Crippen molar-refractivity contribution in [3.63, 3.8) is 0 Å². The topological polar surface area (TPSA) is 27.7 Å². The minimum Gasteiger partial charge on any atom is -0.497 e. The highest BCUT2D eigenvalue weighted by Gasteiger charge is 2.07. The Labute approximate surface area is 126 Å². The van der Waals surface area contributed by atoms with E-state index < -0.39 is 0 Å². The number of halogens is 1. The molecule has 0 saturated carbocycles. The van der Waals surface area contributed by atoms with Gasteiger partial charge in [0, 0.05) is 5.56 Å². The maximum Gasteiger partial charge on any atom is 0.133 e. The van der Waals surface area contributed by atoms with Crippen LogP contribution in [0, 0.1) is 3.57 Å². The van der Waals surface area contributed by atoms with Gasteiger partial charge in [0.2, 0.25) is 0 Å². The van der Waals surface area contributed by atoms with Crippen molar-refractivity contribution in [3.8, 4) is 17.2 Å².